The third kappa shape index (κ3) is 4.59. The number of Topliss-reactive ketones (excluding diaryl/α,β-unsaturated/α-hetero) is 1. The van der Waals surface area contributed by atoms with E-state index in [1.807, 2.05) is 67.6 Å². The molecule has 2 aromatic heterocycles. The third-order valence-corrected chi connectivity index (χ3v) is 9.09. The second kappa shape index (κ2) is 10.2. The molecule has 6 heteroatoms. The molecule has 1 amide bonds. The van der Waals surface area contributed by atoms with Crippen LogP contribution >= 0.6 is 11.3 Å². The maximum absolute atomic E-state index is 14.1. The van der Waals surface area contributed by atoms with E-state index in [0.29, 0.717) is 30.2 Å². The van der Waals surface area contributed by atoms with Gasteiger partial charge in [0.1, 0.15) is 4.88 Å². The SMILES string of the molecule is Cc1nc(-c2ccccc2)c(C(=O)N2C[C@@H]3CCCC[C@@H]3[C@H]2CCC(=O)c2cccc3cccnc23)s1. The van der Waals surface area contributed by atoms with Crippen molar-refractivity contribution in [2.45, 2.75) is 51.5 Å². The van der Waals surface area contributed by atoms with Crippen LogP contribution in [0.4, 0.5) is 0 Å². The molecular formula is C31H31N3O2S. The van der Waals surface area contributed by atoms with E-state index in [1.165, 1.54) is 30.6 Å². The smallest absolute Gasteiger partial charge is 0.266 e. The number of ketones is 1. The molecule has 1 saturated carbocycles. The zero-order valence-corrected chi connectivity index (χ0v) is 21.9. The highest BCUT2D eigenvalue weighted by Crippen LogP contribution is 2.44. The second-order valence-electron chi connectivity index (χ2n) is 10.4. The van der Waals surface area contributed by atoms with E-state index in [-0.39, 0.29) is 17.7 Å². The van der Waals surface area contributed by atoms with Gasteiger partial charge in [-0.1, -0.05) is 61.4 Å². The summed E-state index contributed by atoms with van der Waals surface area (Å²) in [6.07, 6.45) is 7.58. The lowest BCUT2D eigenvalue weighted by Gasteiger charge is -2.30. The molecule has 2 aliphatic rings. The molecule has 2 fully saturated rings. The fraction of sp³-hybridized carbons (Fsp3) is 0.355. The average molecular weight is 510 g/mol. The molecule has 3 heterocycles. The van der Waals surface area contributed by atoms with Crippen molar-refractivity contribution in [3.8, 4) is 11.3 Å². The Balaban J connectivity index is 1.28. The number of carbonyl (C=O) groups excluding carboxylic acids is 2. The molecule has 3 atom stereocenters. The average Bonchev–Trinajstić information content (AvgIpc) is 3.52. The molecule has 2 aromatic carbocycles. The molecule has 1 aliphatic carbocycles. The van der Waals surface area contributed by atoms with Crippen molar-refractivity contribution < 1.29 is 9.59 Å². The summed E-state index contributed by atoms with van der Waals surface area (Å²) in [4.78, 5) is 39.5. The van der Waals surface area contributed by atoms with Crippen LogP contribution in [0, 0.1) is 18.8 Å². The first kappa shape index (κ1) is 24.0. The summed E-state index contributed by atoms with van der Waals surface area (Å²) in [7, 11) is 0. The minimum Gasteiger partial charge on any atom is -0.334 e. The summed E-state index contributed by atoms with van der Waals surface area (Å²) in [6.45, 7) is 2.75. The van der Waals surface area contributed by atoms with Gasteiger partial charge in [0.15, 0.2) is 5.78 Å². The van der Waals surface area contributed by atoms with E-state index in [0.717, 1.165) is 45.0 Å². The molecule has 1 aliphatic heterocycles. The van der Waals surface area contributed by atoms with Crippen LogP contribution in [-0.4, -0.2) is 39.1 Å². The summed E-state index contributed by atoms with van der Waals surface area (Å²) in [5, 5.41) is 1.88. The van der Waals surface area contributed by atoms with E-state index in [2.05, 4.69) is 9.88 Å². The maximum atomic E-state index is 14.1. The van der Waals surface area contributed by atoms with Crippen molar-refractivity contribution in [1.82, 2.24) is 14.9 Å². The minimum atomic E-state index is 0.0723. The van der Waals surface area contributed by atoms with Gasteiger partial charge in [-0.15, -0.1) is 11.3 Å². The van der Waals surface area contributed by atoms with Crippen LogP contribution in [0.15, 0.2) is 66.9 Å². The molecule has 1 saturated heterocycles. The minimum absolute atomic E-state index is 0.0723. The number of pyridine rings is 1. The lowest BCUT2D eigenvalue weighted by molar-refractivity contribution is 0.0702. The normalized spacial score (nSPS) is 21.2. The van der Waals surface area contributed by atoms with Crippen molar-refractivity contribution in [3.63, 3.8) is 0 Å². The van der Waals surface area contributed by atoms with Crippen molar-refractivity contribution >= 4 is 33.9 Å². The van der Waals surface area contributed by atoms with E-state index in [1.54, 1.807) is 6.20 Å². The zero-order chi connectivity index (χ0) is 25.4. The van der Waals surface area contributed by atoms with Crippen molar-refractivity contribution in [2.75, 3.05) is 6.54 Å². The molecule has 37 heavy (non-hydrogen) atoms. The molecular weight excluding hydrogens is 478 g/mol. The van der Waals surface area contributed by atoms with Gasteiger partial charge in [0.2, 0.25) is 0 Å². The first-order valence-corrected chi connectivity index (χ1v) is 14.1. The molecule has 0 radical (unpaired) electrons. The summed E-state index contributed by atoms with van der Waals surface area (Å²) in [5.74, 6) is 1.16. The number of nitrogens with zero attached hydrogens (tertiary/aromatic N) is 3. The largest absolute Gasteiger partial charge is 0.334 e. The number of likely N-dealkylation sites (tertiary alicyclic amines) is 1. The molecule has 5 nitrogen and oxygen atoms in total. The third-order valence-electron chi connectivity index (χ3n) is 8.13. The standard InChI is InChI=1S/C31H31N3O2S/c1-20-33-29(22-9-3-2-4-10-22)30(37-20)31(36)34-19-23-11-5-6-14-24(23)26(34)16-17-27(35)25-15-7-12-21-13-8-18-32-28(21)25/h2-4,7-10,12-13,15,18,23-24,26H,5-6,11,14,16-17,19H2,1H3/t23-,24-,26+/m0/s1. The van der Waals surface area contributed by atoms with Crippen LogP contribution in [0.3, 0.4) is 0 Å². The van der Waals surface area contributed by atoms with E-state index >= 15 is 0 Å². The topological polar surface area (TPSA) is 63.2 Å². The number of carbonyl (C=O) groups is 2. The number of thiazole rings is 1. The molecule has 0 bridgehead atoms. The zero-order valence-electron chi connectivity index (χ0n) is 21.1. The molecule has 188 valence electrons. The van der Waals surface area contributed by atoms with Crippen LogP contribution in [0.2, 0.25) is 0 Å². The number of aryl methyl sites for hydroxylation is 1. The van der Waals surface area contributed by atoms with Crippen molar-refractivity contribution in [2.24, 2.45) is 11.8 Å². The number of fused-ring (bicyclic) bond motifs is 2. The van der Waals surface area contributed by atoms with E-state index < -0.39 is 0 Å². The quantitative estimate of drug-likeness (QED) is 0.264. The maximum Gasteiger partial charge on any atom is 0.266 e. The number of aromatic nitrogens is 2. The van der Waals surface area contributed by atoms with Crippen molar-refractivity contribution in [1.29, 1.82) is 0 Å². The van der Waals surface area contributed by atoms with Gasteiger partial charge in [-0.2, -0.15) is 0 Å². The number of hydrogen-bond donors (Lipinski definition) is 0. The van der Waals surface area contributed by atoms with Crippen LogP contribution in [0.5, 0.6) is 0 Å². The van der Waals surface area contributed by atoms with Gasteiger partial charge in [-0.25, -0.2) is 4.98 Å². The second-order valence-corrected chi connectivity index (χ2v) is 11.6. The van der Waals surface area contributed by atoms with Gasteiger partial charge in [-0.3, -0.25) is 14.6 Å². The molecule has 0 N–H and O–H groups in total. The molecule has 4 aromatic rings. The Kier molecular flexibility index (Phi) is 6.59. The number of hydrogen-bond acceptors (Lipinski definition) is 5. The van der Waals surface area contributed by atoms with Crippen LogP contribution in [0.1, 0.15) is 63.6 Å². The van der Waals surface area contributed by atoms with Gasteiger partial charge < -0.3 is 4.90 Å². The Bertz CT molecular complexity index is 1440. The number of para-hydroxylation sites is 1. The first-order chi connectivity index (χ1) is 18.1. The monoisotopic (exact) mass is 509 g/mol. The summed E-state index contributed by atoms with van der Waals surface area (Å²) in [5.41, 5.74) is 3.19. The van der Waals surface area contributed by atoms with Crippen LogP contribution in [0.25, 0.3) is 22.2 Å². The molecule has 6 rings (SSSR count). The van der Waals surface area contributed by atoms with Gasteiger partial charge in [0.05, 0.1) is 16.2 Å². The highest BCUT2D eigenvalue weighted by atomic mass is 32.1. The first-order valence-electron chi connectivity index (χ1n) is 13.3. The number of amides is 1. The Morgan fingerprint density at radius 3 is 2.68 bits per heavy atom. The molecule has 0 unspecified atom stereocenters. The highest BCUT2D eigenvalue weighted by molar-refractivity contribution is 7.14. The van der Waals surface area contributed by atoms with Gasteiger partial charge in [-0.05, 0) is 50.2 Å². The number of rotatable bonds is 6. The van der Waals surface area contributed by atoms with E-state index in [4.69, 9.17) is 4.98 Å². The van der Waals surface area contributed by atoms with Crippen LogP contribution in [-0.2, 0) is 0 Å². The van der Waals surface area contributed by atoms with Crippen LogP contribution < -0.4 is 0 Å². The fourth-order valence-electron chi connectivity index (χ4n) is 6.43. The summed E-state index contributed by atoms with van der Waals surface area (Å²) >= 11 is 1.48. The highest BCUT2D eigenvalue weighted by Gasteiger charge is 2.45. The lowest BCUT2D eigenvalue weighted by Crippen LogP contribution is -2.38. The summed E-state index contributed by atoms with van der Waals surface area (Å²) < 4.78 is 0. The Labute approximate surface area is 221 Å². The van der Waals surface area contributed by atoms with Gasteiger partial charge in [0, 0.05) is 41.7 Å². The predicted octanol–water partition coefficient (Wildman–Crippen LogP) is 6.96. The van der Waals surface area contributed by atoms with Crippen molar-refractivity contribution in [3.05, 3.63) is 82.3 Å². The van der Waals surface area contributed by atoms with Gasteiger partial charge >= 0.3 is 0 Å². The van der Waals surface area contributed by atoms with E-state index in [9.17, 15) is 9.59 Å². The Morgan fingerprint density at radius 2 is 1.81 bits per heavy atom. The summed E-state index contributed by atoms with van der Waals surface area (Å²) in [6, 6.07) is 19.7. The van der Waals surface area contributed by atoms with Gasteiger partial charge in [0.25, 0.3) is 5.91 Å². The Morgan fingerprint density at radius 1 is 1.00 bits per heavy atom. The predicted molar refractivity (Wildman–Crippen MR) is 148 cm³/mol. The fourth-order valence-corrected chi connectivity index (χ4v) is 7.33. The lowest BCUT2D eigenvalue weighted by atomic mass is 9.77. The number of benzene rings is 2. The molecule has 0 spiro atoms. The Hall–Kier alpha value is -3.38.